The highest BCUT2D eigenvalue weighted by atomic mass is 32.1. The zero-order chi connectivity index (χ0) is 19.5. The predicted molar refractivity (Wildman–Crippen MR) is 107 cm³/mol. The minimum absolute atomic E-state index is 0.0909. The van der Waals surface area contributed by atoms with E-state index in [-0.39, 0.29) is 18.1 Å². The smallest absolute Gasteiger partial charge is 0.232 e. The highest BCUT2D eigenvalue weighted by molar-refractivity contribution is 7.14. The molecule has 0 unspecified atom stereocenters. The molecule has 2 aromatic heterocycles. The fourth-order valence-electron chi connectivity index (χ4n) is 2.70. The van der Waals surface area contributed by atoms with Crippen molar-refractivity contribution in [3.05, 3.63) is 77.2 Å². The topological polar surface area (TPSA) is 68.0 Å². The lowest BCUT2D eigenvalue weighted by Gasteiger charge is -2.00. The number of aromatic nitrogens is 2. The van der Waals surface area contributed by atoms with E-state index in [9.17, 15) is 9.18 Å². The Kier molecular flexibility index (Phi) is 4.99. The number of amides is 1. The third-order valence-electron chi connectivity index (χ3n) is 4.13. The third-order valence-corrected chi connectivity index (χ3v) is 4.89. The number of hydrogen-bond acceptors (Lipinski definition) is 5. The van der Waals surface area contributed by atoms with Crippen molar-refractivity contribution in [1.82, 2.24) is 9.97 Å². The Labute approximate surface area is 164 Å². The fraction of sp³-hybridized carbons (Fsp3) is 0.0952. The van der Waals surface area contributed by atoms with Gasteiger partial charge in [-0.05, 0) is 43.3 Å². The van der Waals surface area contributed by atoms with E-state index in [1.54, 1.807) is 19.1 Å². The van der Waals surface area contributed by atoms with Crippen LogP contribution < -0.4 is 5.32 Å². The van der Waals surface area contributed by atoms with Crippen molar-refractivity contribution in [2.75, 3.05) is 5.32 Å². The van der Waals surface area contributed by atoms with Gasteiger partial charge in [0.05, 0.1) is 17.8 Å². The molecule has 0 saturated heterocycles. The summed E-state index contributed by atoms with van der Waals surface area (Å²) in [6.07, 6.45) is 0.0909. The van der Waals surface area contributed by atoms with Gasteiger partial charge in [-0.25, -0.2) is 14.4 Å². The largest absolute Gasteiger partial charge is 0.441 e. The van der Waals surface area contributed by atoms with E-state index in [2.05, 4.69) is 15.3 Å². The highest BCUT2D eigenvalue weighted by Gasteiger charge is 2.16. The third kappa shape index (κ3) is 3.99. The van der Waals surface area contributed by atoms with E-state index in [1.807, 2.05) is 35.7 Å². The summed E-state index contributed by atoms with van der Waals surface area (Å²) in [5.74, 6) is 0.579. The van der Waals surface area contributed by atoms with Gasteiger partial charge in [0.2, 0.25) is 11.8 Å². The number of benzene rings is 2. The fourth-order valence-corrected chi connectivity index (χ4v) is 3.43. The van der Waals surface area contributed by atoms with Crippen molar-refractivity contribution in [3.63, 3.8) is 0 Å². The number of carbonyl (C=O) groups excluding carboxylic acids is 1. The molecule has 4 rings (SSSR count). The molecule has 0 aliphatic heterocycles. The molecule has 0 spiro atoms. The van der Waals surface area contributed by atoms with Gasteiger partial charge in [-0.3, -0.25) is 4.79 Å². The standard InChI is InChI=1S/C21H16FN3O2S/c1-13-17(23-20(27-13)15-5-3-2-4-6-15)11-19(26)25-21-24-18(12-28-21)14-7-9-16(22)10-8-14/h2-10,12H,11H2,1H3,(H,24,25,26). The molecular formula is C21H16FN3O2S. The second-order valence-electron chi connectivity index (χ2n) is 6.16. The van der Waals surface area contributed by atoms with E-state index in [0.717, 1.165) is 11.1 Å². The molecule has 0 atom stereocenters. The SMILES string of the molecule is Cc1oc(-c2ccccc2)nc1CC(=O)Nc1nc(-c2ccc(F)cc2)cs1. The van der Waals surface area contributed by atoms with Gasteiger partial charge in [0.15, 0.2) is 5.13 Å². The molecule has 0 radical (unpaired) electrons. The maximum Gasteiger partial charge on any atom is 0.232 e. The van der Waals surface area contributed by atoms with Gasteiger partial charge in [-0.1, -0.05) is 18.2 Å². The zero-order valence-electron chi connectivity index (χ0n) is 15.0. The van der Waals surface area contributed by atoms with Gasteiger partial charge in [-0.2, -0.15) is 0 Å². The second kappa shape index (κ2) is 7.74. The molecule has 0 aliphatic carbocycles. The Morgan fingerprint density at radius 1 is 1.07 bits per heavy atom. The minimum Gasteiger partial charge on any atom is -0.441 e. The normalized spacial score (nSPS) is 10.8. The number of nitrogens with one attached hydrogen (secondary N) is 1. The number of thiazole rings is 1. The first-order valence-corrected chi connectivity index (χ1v) is 9.49. The zero-order valence-corrected chi connectivity index (χ0v) is 15.8. The number of hydrogen-bond donors (Lipinski definition) is 1. The van der Waals surface area contributed by atoms with Crippen molar-refractivity contribution in [2.45, 2.75) is 13.3 Å². The number of anilines is 1. The first kappa shape index (κ1) is 18.1. The van der Waals surface area contributed by atoms with Crippen LogP contribution in [0.3, 0.4) is 0 Å². The summed E-state index contributed by atoms with van der Waals surface area (Å²) in [4.78, 5) is 21.2. The van der Waals surface area contributed by atoms with Crippen LogP contribution in [0.1, 0.15) is 11.5 Å². The summed E-state index contributed by atoms with van der Waals surface area (Å²) in [7, 11) is 0. The molecule has 5 nitrogen and oxygen atoms in total. The number of nitrogens with zero attached hydrogens (tertiary/aromatic N) is 2. The number of aryl methyl sites for hydroxylation is 1. The van der Waals surface area contributed by atoms with Crippen molar-refractivity contribution < 1.29 is 13.6 Å². The molecule has 1 N–H and O–H groups in total. The maximum absolute atomic E-state index is 13.0. The summed E-state index contributed by atoms with van der Waals surface area (Å²) in [6.45, 7) is 1.79. The molecule has 140 valence electrons. The maximum atomic E-state index is 13.0. The van der Waals surface area contributed by atoms with Crippen LogP contribution in [-0.4, -0.2) is 15.9 Å². The molecule has 2 aromatic carbocycles. The van der Waals surface area contributed by atoms with Crippen LogP contribution in [0.25, 0.3) is 22.7 Å². The highest BCUT2D eigenvalue weighted by Crippen LogP contribution is 2.26. The molecule has 0 fully saturated rings. The van der Waals surface area contributed by atoms with E-state index in [1.165, 1.54) is 23.5 Å². The first-order chi connectivity index (χ1) is 13.6. The van der Waals surface area contributed by atoms with Gasteiger partial charge >= 0.3 is 0 Å². The van der Waals surface area contributed by atoms with Crippen LogP contribution in [-0.2, 0) is 11.2 Å². The van der Waals surface area contributed by atoms with Crippen LogP contribution in [0.4, 0.5) is 9.52 Å². The number of carbonyl (C=O) groups is 1. The molecule has 2 heterocycles. The van der Waals surface area contributed by atoms with Gasteiger partial charge in [-0.15, -0.1) is 11.3 Å². The lowest BCUT2D eigenvalue weighted by molar-refractivity contribution is -0.115. The van der Waals surface area contributed by atoms with Crippen molar-refractivity contribution in [3.8, 4) is 22.7 Å². The average Bonchev–Trinajstić information content (AvgIpc) is 3.30. The molecule has 0 saturated carbocycles. The Hall–Kier alpha value is -3.32. The molecular weight excluding hydrogens is 377 g/mol. The van der Waals surface area contributed by atoms with Gasteiger partial charge in [0.1, 0.15) is 11.6 Å². The van der Waals surface area contributed by atoms with E-state index < -0.39 is 0 Å². The summed E-state index contributed by atoms with van der Waals surface area (Å²) < 4.78 is 18.7. The van der Waals surface area contributed by atoms with E-state index in [0.29, 0.717) is 28.2 Å². The number of oxazole rings is 1. The Morgan fingerprint density at radius 3 is 2.57 bits per heavy atom. The molecule has 7 heteroatoms. The quantitative estimate of drug-likeness (QED) is 0.513. The summed E-state index contributed by atoms with van der Waals surface area (Å²) in [6, 6.07) is 15.6. The Morgan fingerprint density at radius 2 is 1.82 bits per heavy atom. The van der Waals surface area contributed by atoms with Crippen LogP contribution in [0.2, 0.25) is 0 Å². The predicted octanol–water partition coefficient (Wildman–Crippen LogP) is 5.09. The van der Waals surface area contributed by atoms with Crippen LogP contribution in [0.15, 0.2) is 64.4 Å². The Balaban J connectivity index is 1.44. The molecule has 0 bridgehead atoms. The van der Waals surface area contributed by atoms with Crippen molar-refractivity contribution in [2.24, 2.45) is 0 Å². The number of halogens is 1. The average molecular weight is 393 g/mol. The molecule has 4 aromatic rings. The van der Waals surface area contributed by atoms with Gasteiger partial charge < -0.3 is 9.73 Å². The van der Waals surface area contributed by atoms with Crippen LogP contribution in [0.5, 0.6) is 0 Å². The Bertz CT molecular complexity index is 1100. The molecule has 0 aliphatic rings. The van der Waals surface area contributed by atoms with E-state index >= 15 is 0 Å². The number of rotatable bonds is 5. The lowest BCUT2D eigenvalue weighted by atomic mass is 10.2. The van der Waals surface area contributed by atoms with Crippen LogP contribution in [0, 0.1) is 12.7 Å². The summed E-state index contributed by atoms with van der Waals surface area (Å²) >= 11 is 1.31. The lowest BCUT2D eigenvalue weighted by Crippen LogP contribution is -2.15. The van der Waals surface area contributed by atoms with Crippen LogP contribution >= 0.6 is 11.3 Å². The summed E-state index contributed by atoms with van der Waals surface area (Å²) in [5, 5.41) is 5.08. The van der Waals surface area contributed by atoms with Gasteiger partial charge in [0, 0.05) is 16.5 Å². The monoisotopic (exact) mass is 393 g/mol. The minimum atomic E-state index is -0.301. The molecule has 1 amide bonds. The summed E-state index contributed by atoms with van der Waals surface area (Å²) in [5.41, 5.74) is 2.93. The van der Waals surface area contributed by atoms with Crippen molar-refractivity contribution >= 4 is 22.4 Å². The molecule has 28 heavy (non-hydrogen) atoms. The second-order valence-corrected chi connectivity index (χ2v) is 7.02. The van der Waals surface area contributed by atoms with Gasteiger partial charge in [0.25, 0.3) is 0 Å². The van der Waals surface area contributed by atoms with E-state index in [4.69, 9.17) is 4.42 Å². The van der Waals surface area contributed by atoms with Crippen molar-refractivity contribution in [1.29, 1.82) is 0 Å². The first-order valence-electron chi connectivity index (χ1n) is 8.61.